The van der Waals surface area contributed by atoms with Crippen molar-refractivity contribution in [1.29, 1.82) is 0 Å². The van der Waals surface area contributed by atoms with E-state index in [9.17, 15) is 0 Å². The van der Waals surface area contributed by atoms with Crippen molar-refractivity contribution in [3.05, 3.63) is 0 Å². The van der Waals surface area contributed by atoms with E-state index in [0.29, 0.717) is 12.0 Å². The van der Waals surface area contributed by atoms with Crippen molar-refractivity contribution in [3.8, 4) is 0 Å². The van der Waals surface area contributed by atoms with Gasteiger partial charge in [0.2, 0.25) is 0 Å². The van der Waals surface area contributed by atoms with E-state index in [1.165, 1.54) is 25.7 Å². The molecule has 0 amide bonds. The molecule has 17 heavy (non-hydrogen) atoms. The molecule has 0 aromatic heterocycles. The first-order valence-corrected chi connectivity index (χ1v) is 7.14. The predicted molar refractivity (Wildman–Crippen MR) is 72.9 cm³/mol. The first-order chi connectivity index (χ1) is 8.08. The van der Waals surface area contributed by atoms with E-state index in [0.717, 1.165) is 30.9 Å². The molecule has 0 bridgehead atoms. The van der Waals surface area contributed by atoms with Crippen LogP contribution >= 0.6 is 0 Å². The van der Waals surface area contributed by atoms with Crippen molar-refractivity contribution in [2.45, 2.75) is 52.5 Å². The number of nitrogens with zero attached hydrogens (tertiary/aromatic N) is 2. The number of hydrogen-bond acceptors (Lipinski definition) is 3. The molecule has 0 saturated heterocycles. The Morgan fingerprint density at radius 3 is 2.82 bits per heavy atom. The summed E-state index contributed by atoms with van der Waals surface area (Å²) >= 11 is 0. The molecular formula is C14H27N3. The summed E-state index contributed by atoms with van der Waals surface area (Å²) in [4.78, 5) is 6.84. The lowest BCUT2D eigenvalue weighted by molar-refractivity contribution is 0.165. The Morgan fingerprint density at radius 1 is 1.41 bits per heavy atom. The monoisotopic (exact) mass is 237 g/mol. The highest BCUT2D eigenvalue weighted by Crippen LogP contribution is 2.34. The third kappa shape index (κ3) is 2.93. The van der Waals surface area contributed by atoms with Crippen molar-refractivity contribution < 1.29 is 0 Å². The second kappa shape index (κ2) is 5.28. The van der Waals surface area contributed by atoms with Crippen LogP contribution in [0, 0.1) is 17.8 Å². The summed E-state index contributed by atoms with van der Waals surface area (Å²) in [5.74, 6) is 3.13. The van der Waals surface area contributed by atoms with Crippen LogP contribution in [0.15, 0.2) is 4.99 Å². The molecule has 1 saturated carbocycles. The van der Waals surface area contributed by atoms with Gasteiger partial charge < -0.3 is 10.6 Å². The fourth-order valence-electron chi connectivity index (χ4n) is 3.40. The molecule has 2 aliphatic rings. The van der Waals surface area contributed by atoms with Crippen molar-refractivity contribution >= 4 is 5.96 Å². The maximum Gasteiger partial charge on any atom is 0.191 e. The van der Waals surface area contributed by atoms with Gasteiger partial charge in [0, 0.05) is 6.54 Å². The highest BCUT2D eigenvalue weighted by atomic mass is 15.3. The van der Waals surface area contributed by atoms with E-state index in [1.807, 2.05) is 0 Å². The lowest BCUT2D eigenvalue weighted by Crippen LogP contribution is -2.47. The van der Waals surface area contributed by atoms with Gasteiger partial charge in [0.25, 0.3) is 0 Å². The minimum atomic E-state index is 0.583. The van der Waals surface area contributed by atoms with E-state index < -0.39 is 0 Å². The van der Waals surface area contributed by atoms with Crippen LogP contribution in [0.25, 0.3) is 0 Å². The van der Waals surface area contributed by atoms with Gasteiger partial charge in [-0.15, -0.1) is 0 Å². The molecule has 2 N–H and O–H groups in total. The second-order valence-electron chi connectivity index (χ2n) is 6.34. The molecule has 1 aliphatic heterocycles. The average Bonchev–Trinajstić information content (AvgIpc) is 2.60. The first-order valence-electron chi connectivity index (χ1n) is 7.14. The SMILES string of the molecule is CC(C)CN1C(N)=NCC1C1CCCC(C)C1. The van der Waals surface area contributed by atoms with Gasteiger partial charge in [0.05, 0.1) is 12.6 Å². The van der Waals surface area contributed by atoms with Crippen LogP contribution in [0.1, 0.15) is 46.5 Å². The van der Waals surface area contributed by atoms with Crippen molar-refractivity contribution in [3.63, 3.8) is 0 Å². The van der Waals surface area contributed by atoms with Crippen molar-refractivity contribution in [2.75, 3.05) is 13.1 Å². The molecule has 98 valence electrons. The minimum Gasteiger partial charge on any atom is -0.370 e. The van der Waals surface area contributed by atoms with Crippen LogP contribution in [0.5, 0.6) is 0 Å². The number of hydrogen-bond donors (Lipinski definition) is 1. The van der Waals surface area contributed by atoms with Crippen LogP contribution in [0.2, 0.25) is 0 Å². The van der Waals surface area contributed by atoms with Gasteiger partial charge in [-0.3, -0.25) is 4.99 Å². The number of aliphatic imine (C=N–C) groups is 1. The van der Waals surface area contributed by atoms with Gasteiger partial charge >= 0.3 is 0 Å². The molecule has 3 atom stereocenters. The van der Waals surface area contributed by atoms with E-state index in [4.69, 9.17) is 5.73 Å². The Bertz CT molecular complexity index is 285. The highest BCUT2D eigenvalue weighted by molar-refractivity contribution is 5.80. The Hall–Kier alpha value is -0.730. The zero-order chi connectivity index (χ0) is 12.4. The first kappa shape index (κ1) is 12.7. The third-order valence-electron chi connectivity index (χ3n) is 4.22. The van der Waals surface area contributed by atoms with E-state index in [1.54, 1.807) is 0 Å². The quantitative estimate of drug-likeness (QED) is 0.819. The Morgan fingerprint density at radius 2 is 2.18 bits per heavy atom. The Labute approximate surface area is 105 Å². The smallest absolute Gasteiger partial charge is 0.191 e. The van der Waals surface area contributed by atoms with E-state index in [2.05, 4.69) is 30.7 Å². The topological polar surface area (TPSA) is 41.6 Å². The molecule has 0 aromatic rings. The summed E-state index contributed by atoms with van der Waals surface area (Å²) < 4.78 is 0. The molecule has 0 spiro atoms. The molecule has 3 heteroatoms. The molecule has 3 nitrogen and oxygen atoms in total. The third-order valence-corrected chi connectivity index (χ3v) is 4.22. The summed E-state index contributed by atoms with van der Waals surface area (Å²) in [6, 6.07) is 0.583. The van der Waals surface area contributed by atoms with Gasteiger partial charge in [0.15, 0.2) is 5.96 Å². The fourth-order valence-corrected chi connectivity index (χ4v) is 3.40. The zero-order valence-electron chi connectivity index (χ0n) is 11.5. The van der Waals surface area contributed by atoms with Crippen LogP contribution in [-0.2, 0) is 0 Å². The highest BCUT2D eigenvalue weighted by Gasteiger charge is 2.35. The van der Waals surface area contributed by atoms with Crippen LogP contribution in [0.4, 0.5) is 0 Å². The Kier molecular flexibility index (Phi) is 3.95. The molecule has 3 unspecified atom stereocenters. The van der Waals surface area contributed by atoms with Crippen LogP contribution in [-0.4, -0.2) is 30.0 Å². The van der Waals surface area contributed by atoms with E-state index in [-0.39, 0.29) is 0 Å². The second-order valence-corrected chi connectivity index (χ2v) is 6.34. The predicted octanol–water partition coefficient (Wildman–Crippen LogP) is 2.47. The normalized spacial score (nSPS) is 34.2. The van der Waals surface area contributed by atoms with Crippen molar-refractivity contribution in [2.24, 2.45) is 28.5 Å². The molecule has 1 fully saturated rings. The van der Waals surface area contributed by atoms with Crippen molar-refractivity contribution in [1.82, 2.24) is 4.90 Å². The number of guanidine groups is 1. The average molecular weight is 237 g/mol. The van der Waals surface area contributed by atoms with Gasteiger partial charge in [-0.2, -0.15) is 0 Å². The van der Waals surface area contributed by atoms with Crippen LogP contribution < -0.4 is 5.73 Å². The fraction of sp³-hybridized carbons (Fsp3) is 0.929. The molecule has 0 radical (unpaired) electrons. The molecule has 1 heterocycles. The lowest BCUT2D eigenvalue weighted by Gasteiger charge is -2.37. The number of nitrogens with two attached hydrogens (primary N) is 1. The molecule has 2 rings (SSSR count). The Balaban J connectivity index is 1.99. The minimum absolute atomic E-state index is 0.583. The molecular weight excluding hydrogens is 210 g/mol. The van der Waals surface area contributed by atoms with Gasteiger partial charge in [-0.05, 0) is 30.6 Å². The van der Waals surface area contributed by atoms with Gasteiger partial charge in [0.1, 0.15) is 0 Å². The van der Waals surface area contributed by atoms with Gasteiger partial charge in [-0.25, -0.2) is 0 Å². The summed E-state index contributed by atoms with van der Waals surface area (Å²) in [6.45, 7) is 8.89. The molecule has 0 aromatic carbocycles. The zero-order valence-corrected chi connectivity index (χ0v) is 11.5. The maximum absolute atomic E-state index is 6.03. The summed E-state index contributed by atoms with van der Waals surface area (Å²) in [5, 5.41) is 0. The lowest BCUT2D eigenvalue weighted by atomic mass is 9.78. The standard InChI is InChI=1S/C14H27N3/c1-10(2)9-17-13(8-16-14(17)15)12-6-4-5-11(3)7-12/h10-13H,4-9H2,1-3H3,(H2,15,16). The summed E-state index contributed by atoms with van der Waals surface area (Å²) in [7, 11) is 0. The maximum atomic E-state index is 6.03. The van der Waals surface area contributed by atoms with E-state index >= 15 is 0 Å². The van der Waals surface area contributed by atoms with Crippen LogP contribution in [0.3, 0.4) is 0 Å². The summed E-state index contributed by atoms with van der Waals surface area (Å²) in [5.41, 5.74) is 6.03. The molecule has 1 aliphatic carbocycles. The largest absolute Gasteiger partial charge is 0.370 e. The number of rotatable bonds is 3. The van der Waals surface area contributed by atoms with Gasteiger partial charge in [-0.1, -0.05) is 33.6 Å². The summed E-state index contributed by atoms with van der Waals surface area (Å²) in [6.07, 6.45) is 5.52.